The highest BCUT2D eigenvalue weighted by Crippen LogP contribution is 2.42. The third kappa shape index (κ3) is 3.26. The monoisotopic (exact) mass is 356 g/mol. The van der Waals surface area contributed by atoms with E-state index in [2.05, 4.69) is 6.07 Å². The van der Waals surface area contributed by atoms with Gasteiger partial charge in [-0.05, 0) is 54.7 Å². The van der Waals surface area contributed by atoms with Crippen LogP contribution in [0.4, 0.5) is 4.39 Å². The van der Waals surface area contributed by atoms with Crippen LogP contribution in [0.25, 0.3) is 0 Å². The van der Waals surface area contributed by atoms with Gasteiger partial charge in [0.2, 0.25) is 0 Å². The SMILES string of the molecule is CCc1cc(C)cc(C)c1C1C(=O)OC(c2ccc(F)cc2)C(C)C1O. The van der Waals surface area contributed by atoms with E-state index in [9.17, 15) is 14.3 Å². The minimum atomic E-state index is -0.863. The van der Waals surface area contributed by atoms with Gasteiger partial charge in [-0.15, -0.1) is 0 Å². The van der Waals surface area contributed by atoms with Crippen molar-refractivity contribution in [3.05, 3.63) is 70.0 Å². The Kier molecular flexibility index (Phi) is 5.15. The molecule has 3 rings (SSSR count). The van der Waals surface area contributed by atoms with Gasteiger partial charge in [-0.1, -0.05) is 43.7 Å². The first-order valence-corrected chi connectivity index (χ1v) is 9.07. The normalized spacial score (nSPS) is 25.8. The van der Waals surface area contributed by atoms with Crippen LogP contribution in [-0.4, -0.2) is 17.2 Å². The Hall–Kier alpha value is -2.20. The number of aryl methyl sites for hydroxylation is 3. The van der Waals surface area contributed by atoms with Crippen molar-refractivity contribution < 1.29 is 19.0 Å². The lowest BCUT2D eigenvalue weighted by Crippen LogP contribution is -2.43. The number of hydrogen-bond acceptors (Lipinski definition) is 3. The summed E-state index contributed by atoms with van der Waals surface area (Å²) in [6.07, 6.45) is -0.660. The molecule has 0 spiro atoms. The van der Waals surface area contributed by atoms with Crippen LogP contribution in [0.5, 0.6) is 0 Å². The molecule has 26 heavy (non-hydrogen) atoms. The van der Waals surface area contributed by atoms with E-state index >= 15 is 0 Å². The summed E-state index contributed by atoms with van der Waals surface area (Å²) in [4.78, 5) is 12.9. The summed E-state index contributed by atoms with van der Waals surface area (Å²) in [6, 6.07) is 9.99. The Balaban J connectivity index is 1.98. The number of aliphatic hydroxyl groups is 1. The number of carbonyl (C=O) groups is 1. The van der Waals surface area contributed by atoms with Crippen molar-refractivity contribution in [2.45, 2.75) is 52.2 Å². The van der Waals surface area contributed by atoms with Crippen molar-refractivity contribution in [2.75, 3.05) is 0 Å². The van der Waals surface area contributed by atoms with E-state index in [1.807, 2.05) is 33.8 Å². The van der Waals surface area contributed by atoms with E-state index in [1.165, 1.54) is 12.1 Å². The molecule has 1 aliphatic heterocycles. The highest BCUT2D eigenvalue weighted by atomic mass is 19.1. The van der Waals surface area contributed by atoms with Gasteiger partial charge in [-0.3, -0.25) is 4.79 Å². The Morgan fingerprint density at radius 1 is 1.15 bits per heavy atom. The van der Waals surface area contributed by atoms with Crippen LogP contribution in [0.3, 0.4) is 0 Å². The summed E-state index contributed by atoms with van der Waals surface area (Å²) in [5.41, 5.74) is 4.77. The molecule has 1 fully saturated rings. The lowest BCUT2D eigenvalue weighted by atomic mass is 9.76. The second kappa shape index (κ2) is 7.20. The first-order chi connectivity index (χ1) is 12.3. The zero-order valence-corrected chi connectivity index (χ0v) is 15.6. The van der Waals surface area contributed by atoms with E-state index in [4.69, 9.17) is 4.74 Å². The average Bonchev–Trinajstić information content (AvgIpc) is 2.60. The van der Waals surface area contributed by atoms with Crippen LogP contribution in [0.15, 0.2) is 36.4 Å². The third-order valence-corrected chi connectivity index (χ3v) is 5.36. The largest absolute Gasteiger partial charge is 0.457 e. The van der Waals surface area contributed by atoms with E-state index in [0.29, 0.717) is 5.56 Å². The van der Waals surface area contributed by atoms with Crippen LogP contribution in [0, 0.1) is 25.6 Å². The van der Waals surface area contributed by atoms with Crippen molar-refractivity contribution in [3.63, 3.8) is 0 Å². The summed E-state index contributed by atoms with van der Waals surface area (Å²) in [6.45, 7) is 7.91. The highest BCUT2D eigenvalue weighted by molar-refractivity contribution is 5.81. The summed E-state index contributed by atoms with van der Waals surface area (Å²) in [5, 5.41) is 11.0. The molecule has 0 radical (unpaired) electrons. The number of aliphatic hydroxyl groups excluding tert-OH is 1. The summed E-state index contributed by atoms with van der Waals surface area (Å²) >= 11 is 0. The molecular formula is C22H25FO3. The Labute approximate surface area is 153 Å². The molecule has 0 bridgehead atoms. The van der Waals surface area contributed by atoms with Gasteiger partial charge in [0.25, 0.3) is 0 Å². The summed E-state index contributed by atoms with van der Waals surface area (Å²) in [7, 11) is 0. The van der Waals surface area contributed by atoms with Gasteiger partial charge in [-0.25, -0.2) is 4.39 Å². The predicted molar refractivity (Wildman–Crippen MR) is 98.4 cm³/mol. The topological polar surface area (TPSA) is 46.5 Å². The number of hydrogen-bond donors (Lipinski definition) is 1. The number of rotatable bonds is 3. The first kappa shape index (κ1) is 18.6. The predicted octanol–water partition coefficient (Wildman–Crippen LogP) is 4.38. The van der Waals surface area contributed by atoms with E-state index in [0.717, 1.165) is 28.7 Å². The van der Waals surface area contributed by atoms with Gasteiger partial charge < -0.3 is 9.84 Å². The minimum Gasteiger partial charge on any atom is -0.457 e. The van der Waals surface area contributed by atoms with Crippen molar-refractivity contribution in [3.8, 4) is 0 Å². The first-order valence-electron chi connectivity index (χ1n) is 9.07. The van der Waals surface area contributed by atoms with E-state index in [-0.39, 0.29) is 11.7 Å². The molecule has 0 amide bonds. The molecule has 1 saturated heterocycles. The van der Waals surface area contributed by atoms with Gasteiger partial charge in [0, 0.05) is 5.92 Å². The Bertz CT molecular complexity index is 813. The van der Waals surface area contributed by atoms with Gasteiger partial charge in [0.05, 0.1) is 6.10 Å². The number of cyclic esters (lactones) is 1. The quantitative estimate of drug-likeness (QED) is 0.830. The molecule has 4 heteroatoms. The Morgan fingerprint density at radius 3 is 2.42 bits per heavy atom. The van der Waals surface area contributed by atoms with Gasteiger partial charge >= 0.3 is 5.97 Å². The second-order valence-corrected chi connectivity index (χ2v) is 7.24. The van der Waals surface area contributed by atoms with Crippen molar-refractivity contribution in [2.24, 2.45) is 5.92 Å². The standard InChI is InChI=1S/C22H25FO3/c1-5-15-11-12(2)10-13(3)18(15)19-20(24)14(4)21(26-22(19)25)16-6-8-17(23)9-7-16/h6-11,14,19-21,24H,5H2,1-4H3. The molecular weight excluding hydrogens is 331 g/mol. The number of halogens is 1. The maximum Gasteiger partial charge on any atom is 0.316 e. The van der Waals surface area contributed by atoms with Crippen LogP contribution < -0.4 is 0 Å². The van der Waals surface area contributed by atoms with Gasteiger partial charge in [0.15, 0.2) is 0 Å². The van der Waals surface area contributed by atoms with Gasteiger partial charge in [0.1, 0.15) is 17.8 Å². The molecule has 3 nitrogen and oxygen atoms in total. The molecule has 1 aliphatic rings. The van der Waals surface area contributed by atoms with Gasteiger partial charge in [-0.2, -0.15) is 0 Å². The molecule has 4 atom stereocenters. The van der Waals surface area contributed by atoms with Crippen LogP contribution in [-0.2, 0) is 16.0 Å². The zero-order chi connectivity index (χ0) is 19.0. The molecule has 1 heterocycles. The van der Waals surface area contributed by atoms with Crippen molar-refractivity contribution >= 4 is 5.97 Å². The van der Waals surface area contributed by atoms with E-state index < -0.39 is 24.1 Å². The second-order valence-electron chi connectivity index (χ2n) is 7.24. The summed E-state index contributed by atoms with van der Waals surface area (Å²) in [5.74, 6) is -1.76. The van der Waals surface area contributed by atoms with Crippen molar-refractivity contribution in [1.29, 1.82) is 0 Å². The number of esters is 1. The Morgan fingerprint density at radius 2 is 1.81 bits per heavy atom. The van der Waals surface area contributed by atoms with Crippen molar-refractivity contribution in [1.82, 2.24) is 0 Å². The van der Waals surface area contributed by atoms with Crippen LogP contribution >= 0.6 is 0 Å². The fraction of sp³-hybridized carbons (Fsp3) is 0.409. The fourth-order valence-electron chi connectivity index (χ4n) is 4.04. The molecule has 0 saturated carbocycles. The lowest BCUT2D eigenvalue weighted by molar-refractivity contribution is -0.172. The zero-order valence-electron chi connectivity index (χ0n) is 15.6. The lowest BCUT2D eigenvalue weighted by Gasteiger charge is -2.39. The third-order valence-electron chi connectivity index (χ3n) is 5.36. The molecule has 0 aliphatic carbocycles. The number of carbonyl (C=O) groups excluding carboxylic acids is 1. The molecule has 2 aromatic carbocycles. The van der Waals surface area contributed by atoms with E-state index in [1.54, 1.807) is 12.1 Å². The number of benzene rings is 2. The smallest absolute Gasteiger partial charge is 0.316 e. The fourth-order valence-corrected chi connectivity index (χ4v) is 4.04. The maximum absolute atomic E-state index is 13.2. The minimum absolute atomic E-state index is 0.298. The molecule has 0 aromatic heterocycles. The number of ether oxygens (including phenoxy) is 1. The summed E-state index contributed by atoms with van der Waals surface area (Å²) < 4.78 is 18.9. The average molecular weight is 356 g/mol. The molecule has 1 N–H and O–H groups in total. The molecule has 138 valence electrons. The maximum atomic E-state index is 13.2. The molecule has 2 aromatic rings. The highest BCUT2D eigenvalue weighted by Gasteiger charge is 2.45. The molecule has 4 unspecified atom stereocenters. The van der Waals surface area contributed by atoms with Crippen LogP contribution in [0.2, 0.25) is 0 Å². The van der Waals surface area contributed by atoms with Crippen LogP contribution in [0.1, 0.15) is 53.7 Å².